The van der Waals surface area contributed by atoms with Gasteiger partial charge in [0.25, 0.3) is 5.91 Å². The number of benzene rings is 1. The Kier molecular flexibility index (Phi) is 4.76. The molecule has 0 N–H and O–H groups in total. The molecule has 1 amide bonds. The summed E-state index contributed by atoms with van der Waals surface area (Å²) in [7, 11) is 0. The van der Waals surface area contributed by atoms with E-state index in [4.69, 9.17) is 4.74 Å². The maximum atomic E-state index is 12.5. The molecule has 1 fully saturated rings. The predicted molar refractivity (Wildman–Crippen MR) is 89.8 cm³/mol. The molecule has 0 unspecified atom stereocenters. The molecule has 0 aliphatic heterocycles. The summed E-state index contributed by atoms with van der Waals surface area (Å²) in [6, 6.07) is 11.3. The van der Waals surface area contributed by atoms with E-state index in [1.54, 1.807) is 35.6 Å². The standard InChI is InChI=1S/C18H19NO3S/c1-13(20)14-4-8-16(9-5-14)22-12-18(21)19(15-6-7-15)11-17-3-2-10-23-17/h2-5,8-10,15H,6-7,11-12H2,1H3. The third-order valence-electron chi connectivity index (χ3n) is 3.84. The fourth-order valence-electron chi connectivity index (χ4n) is 2.39. The van der Waals surface area contributed by atoms with E-state index in [0.717, 1.165) is 12.8 Å². The second kappa shape index (κ2) is 6.96. The van der Waals surface area contributed by atoms with Gasteiger partial charge in [0.05, 0.1) is 6.54 Å². The quantitative estimate of drug-likeness (QED) is 0.730. The molecule has 0 spiro atoms. The van der Waals surface area contributed by atoms with Gasteiger partial charge >= 0.3 is 0 Å². The number of ketones is 1. The molecule has 4 nitrogen and oxygen atoms in total. The van der Waals surface area contributed by atoms with Crippen LogP contribution in [0.2, 0.25) is 0 Å². The minimum atomic E-state index is 0.0107. The first-order valence-electron chi connectivity index (χ1n) is 7.69. The zero-order valence-electron chi connectivity index (χ0n) is 13.0. The lowest BCUT2D eigenvalue weighted by Gasteiger charge is -2.22. The van der Waals surface area contributed by atoms with Gasteiger partial charge in [-0.1, -0.05) is 6.07 Å². The second-order valence-electron chi connectivity index (χ2n) is 5.70. The average Bonchev–Trinajstić information content (AvgIpc) is 3.26. The zero-order valence-corrected chi connectivity index (χ0v) is 13.8. The maximum Gasteiger partial charge on any atom is 0.261 e. The topological polar surface area (TPSA) is 46.6 Å². The van der Waals surface area contributed by atoms with Crippen LogP contribution in [-0.4, -0.2) is 29.2 Å². The number of ether oxygens (including phenoxy) is 1. The summed E-state index contributed by atoms with van der Waals surface area (Å²) >= 11 is 1.67. The van der Waals surface area contributed by atoms with Crippen LogP contribution in [0.4, 0.5) is 0 Å². The molecule has 1 aromatic carbocycles. The summed E-state index contributed by atoms with van der Waals surface area (Å²) in [5.74, 6) is 0.634. The molecule has 3 rings (SSSR count). The Bertz CT molecular complexity index is 675. The number of carbonyl (C=O) groups excluding carboxylic acids is 2. The fourth-order valence-corrected chi connectivity index (χ4v) is 3.09. The van der Waals surface area contributed by atoms with Crippen LogP contribution >= 0.6 is 11.3 Å². The van der Waals surface area contributed by atoms with Gasteiger partial charge in [0.2, 0.25) is 0 Å². The van der Waals surface area contributed by atoms with Crippen LogP contribution in [0.25, 0.3) is 0 Å². The highest BCUT2D eigenvalue weighted by Gasteiger charge is 2.32. The summed E-state index contributed by atoms with van der Waals surface area (Å²) < 4.78 is 5.58. The van der Waals surface area contributed by atoms with Gasteiger partial charge in [-0.3, -0.25) is 9.59 Å². The van der Waals surface area contributed by atoms with Crippen LogP contribution in [0.3, 0.4) is 0 Å². The SMILES string of the molecule is CC(=O)c1ccc(OCC(=O)N(Cc2cccs2)C2CC2)cc1. The van der Waals surface area contributed by atoms with Gasteiger partial charge in [0, 0.05) is 16.5 Å². The maximum absolute atomic E-state index is 12.5. The highest BCUT2D eigenvalue weighted by Crippen LogP contribution is 2.29. The minimum absolute atomic E-state index is 0.0107. The van der Waals surface area contributed by atoms with E-state index >= 15 is 0 Å². The summed E-state index contributed by atoms with van der Waals surface area (Å²) in [5.41, 5.74) is 0.640. The van der Waals surface area contributed by atoms with Gasteiger partial charge in [-0.15, -0.1) is 11.3 Å². The molecule has 0 bridgehead atoms. The van der Waals surface area contributed by atoms with E-state index in [9.17, 15) is 9.59 Å². The Balaban J connectivity index is 1.57. The molecule has 0 saturated heterocycles. The van der Waals surface area contributed by atoms with Gasteiger partial charge in [-0.25, -0.2) is 0 Å². The number of hydrogen-bond acceptors (Lipinski definition) is 4. The van der Waals surface area contributed by atoms with Crippen LogP contribution in [0, 0.1) is 0 Å². The van der Waals surface area contributed by atoms with Crippen molar-refractivity contribution in [1.82, 2.24) is 4.90 Å². The lowest BCUT2D eigenvalue weighted by Crippen LogP contribution is -2.36. The molecule has 1 aliphatic rings. The van der Waals surface area contributed by atoms with Crippen LogP contribution < -0.4 is 4.74 Å². The van der Waals surface area contributed by atoms with Crippen molar-refractivity contribution in [3.05, 3.63) is 52.2 Å². The van der Waals surface area contributed by atoms with E-state index in [1.807, 2.05) is 16.3 Å². The van der Waals surface area contributed by atoms with Crippen molar-refractivity contribution in [2.75, 3.05) is 6.61 Å². The molecule has 120 valence electrons. The molecule has 1 heterocycles. The lowest BCUT2D eigenvalue weighted by molar-refractivity contribution is -0.134. The van der Waals surface area contributed by atoms with E-state index in [1.165, 1.54) is 11.8 Å². The third-order valence-corrected chi connectivity index (χ3v) is 4.70. The van der Waals surface area contributed by atoms with Crippen molar-refractivity contribution < 1.29 is 14.3 Å². The van der Waals surface area contributed by atoms with Gasteiger partial charge in [0.1, 0.15) is 5.75 Å². The van der Waals surface area contributed by atoms with Gasteiger partial charge in [-0.2, -0.15) is 0 Å². The molecule has 0 radical (unpaired) electrons. The first-order chi connectivity index (χ1) is 11.1. The molecular weight excluding hydrogens is 310 g/mol. The molecule has 23 heavy (non-hydrogen) atoms. The molecular formula is C18H19NO3S. The van der Waals surface area contributed by atoms with Crippen LogP contribution in [-0.2, 0) is 11.3 Å². The smallest absolute Gasteiger partial charge is 0.261 e. The van der Waals surface area contributed by atoms with E-state index in [0.29, 0.717) is 23.9 Å². The highest BCUT2D eigenvalue weighted by molar-refractivity contribution is 7.09. The molecule has 1 aliphatic carbocycles. The van der Waals surface area contributed by atoms with Crippen molar-refractivity contribution in [2.24, 2.45) is 0 Å². The Labute approximate surface area is 139 Å². The Morgan fingerprint density at radius 2 is 1.96 bits per heavy atom. The molecule has 2 aromatic rings. The van der Waals surface area contributed by atoms with Crippen molar-refractivity contribution in [3.8, 4) is 5.75 Å². The average molecular weight is 329 g/mol. The predicted octanol–water partition coefficient (Wildman–Crippen LogP) is 3.52. The monoisotopic (exact) mass is 329 g/mol. The van der Waals surface area contributed by atoms with Crippen molar-refractivity contribution in [1.29, 1.82) is 0 Å². The van der Waals surface area contributed by atoms with Crippen molar-refractivity contribution in [2.45, 2.75) is 32.4 Å². The first kappa shape index (κ1) is 15.7. The summed E-state index contributed by atoms with van der Waals surface area (Å²) in [6.07, 6.45) is 2.15. The van der Waals surface area contributed by atoms with Crippen LogP contribution in [0.5, 0.6) is 5.75 Å². The molecule has 1 aromatic heterocycles. The fraction of sp³-hybridized carbons (Fsp3) is 0.333. The van der Waals surface area contributed by atoms with E-state index in [2.05, 4.69) is 6.07 Å². The molecule has 0 atom stereocenters. The third kappa shape index (κ3) is 4.20. The van der Waals surface area contributed by atoms with Gasteiger partial charge < -0.3 is 9.64 Å². The van der Waals surface area contributed by atoms with Gasteiger partial charge in [-0.05, 0) is 55.5 Å². The number of rotatable bonds is 7. The van der Waals surface area contributed by atoms with Crippen molar-refractivity contribution >= 4 is 23.0 Å². The van der Waals surface area contributed by atoms with Crippen LogP contribution in [0.15, 0.2) is 41.8 Å². The molecule has 5 heteroatoms. The number of nitrogens with zero attached hydrogens (tertiary/aromatic N) is 1. The van der Waals surface area contributed by atoms with Crippen LogP contribution in [0.1, 0.15) is 35.0 Å². The Morgan fingerprint density at radius 3 is 2.52 bits per heavy atom. The Hall–Kier alpha value is -2.14. The number of carbonyl (C=O) groups is 2. The first-order valence-corrected chi connectivity index (χ1v) is 8.57. The number of hydrogen-bond donors (Lipinski definition) is 0. The summed E-state index contributed by atoms with van der Waals surface area (Å²) in [4.78, 5) is 26.8. The lowest BCUT2D eigenvalue weighted by atomic mass is 10.1. The van der Waals surface area contributed by atoms with E-state index < -0.39 is 0 Å². The summed E-state index contributed by atoms with van der Waals surface area (Å²) in [6.45, 7) is 2.21. The largest absolute Gasteiger partial charge is 0.484 e. The number of thiophene rings is 1. The van der Waals surface area contributed by atoms with E-state index in [-0.39, 0.29) is 18.3 Å². The minimum Gasteiger partial charge on any atom is -0.484 e. The number of amides is 1. The van der Waals surface area contributed by atoms with Crippen molar-refractivity contribution in [3.63, 3.8) is 0 Å². The van der Waals surface area contributed by atoms with Gasteiger partial charge in [0.15, 0.2) is 12.4 Å². The normalized spacial score (nSPS) is 13.6. The molecule has 1 saturated carbocycles. The number of Topliss-reactive ketones (excluding diaryl/α,β-unsaturated/α-hetero) is 1. The Morgan fingerprint density at radius 1 is 1.22 bits per heavy atom. The summed E-state index contributed by atoms with van der Waals surface area (Å²) in [5, 5.41) is 2.03. The zero-order chi connectivity index (χ0) is 16.2. The highest BCUT2D eigenvalue weighted by atomic mass is 32.1. The second-order valence-corrected chi connectivity index (χ2v) is 6.73.